The number of hydrogen-bond acceptors (Lipinski definition) is 14. The van der Waals surface area contributed by atoms with Crippen molar-refractivity contribution < 1.29 is 55.4 Å². The fourth-order valence-corrected chi connectivity index (χ4v) is 18.9. The highest BCUT2D eigenvalue weighted by atomic mass is 32.3. The molecule has 12 atom stereocenters. The molecular formula is C62H83N5O12S4. The van der Waals surface area contributed by atoms with E-state index in [2.05, 4.69) is 50.5 Å². The molecule has 0 aromatic carbocycles. The number of nitrogens with one attached hydrogen (secondary N) is 2. The Morgan fingerprint density at radius 2 is 0.904 bits per heavy atom. The Labute approximate surface area is 497 Å². The monoisotopic (exact) mass is 1220 g/mol. The lowest BCUT2D eigenvalue weighted by Crippen LogP contribution is -2.43. The molecule has 10 rings (SSSR count). The maximum Gasteiger partial charge on any atom is 0.305 e. The predicted molar refractivity (Wildman–Crippen MR) is 321 cm³/mol. The van der Waals surface area contributed by atoms with E-state index in [4.69, 9.17) is 10.8 Å². The summed E-state index contributed by atoms with van der Waals surface area (Å²) in [4.78, 5) is 59.5. The molecule has 2 amide bonds. The number of aliphatic carboxylic acids is 1. The minimum atomic E-state index is -3.67. The first-order chi connectivity index (χ1) is 40.0. The molecule has 21 heteroatoms. The summed E-state index contributed by atoms with van der Waals surface area (Å²) in [5.41, 5.74) is 6.27. The Bertz CT molecular complexity index is 3110. The molecule has 17 nitrogen and oxygen atoms in total. The second kappa shape index (κ2) is 30.0. The van der Waals surface area contributed by atoms with Gasteiger partial charge in [0.05, 0.1) is 24.0 Å². The number of nitrogens with two attached hydrogens (primary N) is 1. The van der Waals surface area contributed by atoms with E-state index in [-0.39, 0.29) is 50.7 Å². The van der Waals surface area contributed by atoms with Crippen LogP contribution in [-0.4, -0.2) is 92.0 Å². The lowest BCUT2D eigenvalue weighted by molar-refractivity contribution is -0.141. The Morgan fingerprint density at radius 3 is 1.29 bits per heavy atom. The lowest BCUT2D eigenvalue weighted by Gasteiger charge is -2.31. The number of unbranched alkanes of at least 4 members (excludes halogenated alkanes) is 3. The zero-order chi connectivity index (χ0) is 59.1. The zero-order valence-electron chi connectivity index (χ0n) is 47.7. The van der Waals surface area contributed by atoms with Gasteiger partial charge in [-0.05, 0) is 217 Å². The van der Waals surface area contributed by atoms with Crippen LogP contribution in [0.1, 0.15) is 154 Å². The fraction of sp³-hybridized carbons (Fsp3) is 0.565. The van der Waals surface area contributed by atoms with E-state index in [1.165, 1.54) is 83.2 Å². The number of allylic oxidation sites excluding steroid dienone is 6. The van der Waals surface area contributed by atoms with Crippen molar-refractivity contribution in [2.24, 2.45) is 59.0 Å². The number of thiophene rings is 2. The van der Waals surface area contributed by atoms with Crippen LogP contribution in [0.4, 0.5) is 0 Å². The molecule has 6 fully saturated rings. The van der Waals surface area contributed by atoms with Crippen LogP contribution in [-0.2, 0) is 43.9 Å². The number of esters is 2. The van der Waals surface area contributed by atoms with Gasteiger partial charge in [0.15, 0.2) is 0 Å². The number of hydrogen-bond donors (Lipinski definition) is 4. The molecule has 4 heterocycles. The van der Waals surface area contributed by atoms with Gasteiger partial charge < -0.3 is 30.9 Å². The smallest absolute Gasteiger partial charge is 0.305 e. The van der Waals surface area contributed by atoms with Crippen LogP contribution in [0.5, 0.6) is 0 Å². The van der Waals surface area contributed by atoms with Crippen molar-refractivity contribution in [3.63, 3.8) is 0 Å². The van der Waals surface area contributed by atoms with Crippen LogP contribution >= 0.6 is 22.7 Å². The second-order valence-corrected chi connectivity index (χ2v) is 29.5. The topological polar surface area (TPSA) is 252 Å². The van der Waals surface area contributed by atoms with Crippen molar-refractivity contribution in [3.8, 4) is 0 Å². The summed E-state index contributed by atoms with van der Waals surface area (Å²) in [6.07, 6.45) is 38.7. The maximum absolute atomic E-state index is 13.0. The number of carboxylic acids is 1. The summed E-state index contributed by atoms with van der Waals surface area (Å²) in [5, 5.41) is 15.1. The highest BCUT2D eigenvalue weighted by Crippen LogP contribution is 2.52. The van der Waals surface area contributed by atoms with Crippen molar-refractivity contribution in [2.75, 3.05) is 14.2 Å². The summed E-state index contributed by atoms with van der Waals surface area (Å²) in [6.45, 7) is 0. The van der Waals surface area contributed by atoms with E-state index >= 15 is 0 Å². The first-order valence-electron chi connectivity index (χ1n) is 29.6. The molecule has 0 unspecified atom stereocenters. The average molecular weight is 1220 g/mol. The van der Waals surface area contributed by atoms with Gasteiger partial charge in [0.2, 0.25) is 0 Å². The van der Waals surface area contributed by atoms with Crippen LogP contribution in [0.3, 0.4) is 0 Å². The first-order valence-corrected chi connectivity index (χ1v) is 34.1. The molecule has 4 aromatic heterocycles. The van der Waals surface area contributed by atoms with E-state index < -0.39 is 26.0 Å². The van der Waals surface area contributed by atoms with Crippen molar-refractivity contribution in [2.45, 2.75) is 161 Å². The normalized spacial score (nSPS) is 26.7. The number of amides is 2. The minimum absolute atomic E-state index is 0.0940. The van der Waals surface area contributed by atoms with Gasteiger partial charge in [-0.15, -0.1) is 22.7 Å². The van der Waals surface area contributed by atoms with E-state index in [1.54, 1.807) is 36.4 Å². The standard InChI is InChI=1S/C24H30N2O5S2.C23H28N2O5S2.C15H25NO2/c1-31-21(27)9-5-3-2-4-8-19-17-10-11-18(16-17)23(19)25-24(28)20-12-13-22(32-20)33(29,30)26-14-6-7-15-26;26-20(27)8-4-2-1-3-7-18-16-9-10-17(15-16)22(18)24-23(28)19-11-12-21(31-19)32(29,30)25-13-5-6-14-25;1-18-14(17)7-5-3-2-4-6-13-11-8-9-12(10-11)15(13)16/h2,4,6-7,12-15,17-19,23H,3,5,8-11,16H2,1H3,(H,25,28);1,3,5-6,11-14,16-18,22H,2,4,7-10,15H2,(H,24,28)(H,26,27);2,4,11-13,15H,3,5-10,16H2,1H3/b4-2-;3-1-;4-2-/t17-,18+,19+,23+;16-,17+,18+,22+;11-,12+,13+,15+/m111/s1. The number of aromatic nitrogens is 2. The van der Waals surface area contributed by atoms with Gasteiger partial charge in [0, 0.05) is 62.2 Å². The number of carboxylic acid groups (broad SMARTS) is 1. The van der Waals surface area contributed by atoms with Crippen LogP contribution < -0.4 is 16.4 Å². The molecule has 83 heavy (non-hydrogen) atoms. The van der Waals surface area contributed by atoms with Crippen LogP contribution in [0, 0.1) is 53.3 Å². The molecule has 0 spiro atoms. The fourth-order valence-electron chi connectivity index (χ4n) is 13.9. The highest BCUT2D eigenvalue weighted by molar-refractivity contribution is 7.92. The van der Waals surface area contributed by atoms with Crippen molar-refractivity contribution >= 4 is 72.4 Å². The Balaban J connectivity index is 0.000000170. The molecule has 0 saturated heterocycles. The second-order valence-electron chi connectivity index (χ2n) is 23.2. The molecular weight excluding hydrogens is 1130 g/mol. The van der Waals surface area contributed by atoms with E-state index in [0.717, 1.165) is 120 Å². The van der Waals surface area contributed by atoms with E-state index in [0.29, 0.717) is 76.5 Å². The molecule has 0 aliphatic heterocycles. The third-order valence-corrected chi connectivity index (χ3v) is 24.6. The molecule has 0 radical (unpaired) electrons. The molecule has 5 N–H and O–H groups in total. The predicted octanol–water partition coefficient (Wildman–Crippen LogP) is 11.0. The van der Waals surface area contributed by atoms with Gasteiger partial charge in [-0.1, -0.05) is 36.5 Å². The summed E-state index contributed by atoms with van der Waals surface area (Å²) in [5.74, 6) is 3.85. The van der Waals surface area contributed by atoms with Crippen molar-refractivity contribution in [1.29, 1.82) is 0 Å². The summed E-state index contributed by atoms with van der Waals surface area (Å²) < 4.78 is 62.6. The van der Waals surface area contributed by atoms with Crippen LogP contribution in [0.2, 0.25) is 0 Å². The van der Waals surface area contributed by atoms with Crippen LogP contribution in [0.15, 0.2) is 118 Å². The Kier molecular flexibility index (Phi) is 22.9. The summed E-state index contributed by atoms with van der Waals surface area (Å²) in [6, 6.07) is 13.4. The van der Waals surface area contributed by atoms with Crippen LogP contribution in [0.25, 0.3) is 0 Å². The largest absolute Gasteiger partial charge is 0.481 e. The number of rotatable bonds is 26. The summed E-state index contributed by atoms with van der Waals surface area (Å²) in [7, 11) is -4.49. The third kappa shape index (κ3) is 16.4. The van der Waals surface area contributed by atoms with Gasteiger partial charge in [-0.3, -0.25) is 24.0 Å². The SMILES string of the molecule is COC(=O)CCC/C=C\C[C@H]1[C@@H]2CC[C@@H](C2)[C@@H]1N.COC(=O)CCC/C=C\C[C@H]1[C@@H]2CC[C@@H](C2)[C@@H]1NC(=O)c1ccc(S(=O)(=O)n2cccc2)s1.O=C(O)CCC/C=C\C[C@H]1[C@@H]2CC[C@@H](C2)[C@@H]1NC(=O)c1ccc(S(=O)(=O)n2cccc2)s1. The number of nitrogens with zero attached hydrogens (tertiary/aromatic N) is 2. The van der Waals surface area contributed by atoms with Gasteiger partial charge >= 0.3 is 17.9 Å². The first kappa shape index (κ1) is 63.4. The number of ether oxygens (including phenoxy) is 2. The molecule has 6 aliphatic rings. The van der Waals surface area contributed by atoms with E-state index in [1.807, 2.05) is 6.08 Å². The molecule has 4 aromatic rings. The number of carbonyl (C=O) groups is 5. The Hall–Kier alpha value is -5.61. The molecule has 452 valence electrons. The Morgan fingerprint density at radius 1 is 0.542 bits per heavy atom. The van der Waals surface area contributed by atoms with E-state index in [9.17, 15) is 40.8 Å². The summed E-state index contributed by atoms with van der Waals surface area (Å²) >= 11 is 2.01. The van der Waals surface area contributed by atoms with Gasteiger partial charge in [0.1, 0.15) is 8.42 Å². The number of fused-ring (bicyclic) bond motifs is 6. The van der Waals surface area contributed by atoms with Gasteiger partial charge in [0.25, 0.3) is 31.9 Å². The third-order valence-electron chi connectivity index (χ3n) is 18.2. The number of carbonyl (C=O) groups excluding carboxylic acids is 4. The van der Waals surface area contributed by atoms with Gasteiger partial charge in [-0.2, -0.15) is 16.8 Å². The molecule has 6 aliphatic carbocycles. The quantitative estimate of drug-likeness (QED) is 0.0260. The molecule has 6 saturated carbocycles. The highest BCUT2D eigenvalue weighted by Gasteiger charge is 2.49. The van der Waals surface area contributed by atoms with Crippen molar-refractivity contribution in [3.05, 3.63) is 120 Å². The number of methoxy groups -OCH3 is 2. The van der Waals surface area contributed by atoms with Gasteiger partial charge in [-0.25, -0.2) is 7.94 Å². The maximum atomic E-state index is 13.0. The average Bonchev–Trinajstić information content (AvgIpc) is 4.47. The molecule has 6 bridgehead atoms. The zero-order valence-corrected chi connectivity index (χ0v) is 51.0. The van der Waals surface area contributed by atoms with Crippen molar-refractivity contribution in [1.82, 2.24) is 18.6 Å². The minimum Gasteiger partial charge on any atom is -0.481 e. The lowest BCUT2D eigenvalue weighted by atomic mass is 9.82.